The molecule has 3 aromatic rings. The zero-order valence-corrected chi connectivity index (χ0v) is 37.0. The first kappa shape index (κ1) is 45.5. The van der Waals surface area contributed by atoms with Crippen LogP contribution in [0.3, 0.4) is 0 Å². The summed E-state index contributed by atoms with van der Waals surface area (Å²) in [6, 6.07) is 30.9. The SMILES string of the molecule is CC(C)[PH+](C[N-]c1ccccc1)C(C)C.CC(C)[PH+](C[N-]c1ccccc1)C(C)C.CC(C)[PH+](C[N-]c1ccccc1)C(C)C.[Y+3]. The quantitative estimate of drug-likeness (QED) is 0.139. The molecule has 0 aromatic heterocycles. The molecule has 0 fully saturated rings. The molecule has 0 spiro atoms. The molecule has 7 heteroatoms. The van der Waals surface area contributed by atoms with Gasteiger partial charge in [-0.05, 0) is 126 Å². The van der Waals surface area contributed by atoms with Crippen molar-refractivity contribution in [2.75, 3.05) is 18.9 Å². The van der Waals surface area contributed by atoms with Gasteiger partial charge in [-0.15, -0.1) is 17.1 Å². The minimum atomic E-state index is -0.343. The van der Waals surface area contributed by atoms with Gasteiger partial charge in [0.25, 0.3) is 0 Å². The monoisotopic (exact) mass is 758 g/mol. The van der Waals surface area contributed by atoms with Gasteiger partial charge in [-0.2, -0.15) is 0 Å². The van der Waals surface area contributed by atoms with Crippen molar-refractivity contribution in [3.63, 3.8) is 0 Å². The van der Waals surface area contributed by atoms with Crippen LogP contribution in [0.25, 0.3) is 16.0 Å². The maximum atomic E-state index is 4.69. The molecule has 252 valence electrons. The Morgan fingerprint density at radius 1 is 0.348 bits per heavy atom. The van der Waals surface area contributed by atoms with Crippen LogP contribution in [0, 0.1) is 0 Å². The van der Waals surface area contributed by atoms with Gasteiger partial charge >= 0.3 is 32.7 Å². The van der Waals surface area contributed by atoms with E-state index in [-0.39, 0.29) is 56.5 Å². The molecule has 3 aromatic carbocycles. The molecule has 0 N–H and O–H groups in total. The zero-order valence-electron chi connectivity index (χ0n) is 31.2. The Morgan fingerprint density at radius 2 is 0.522 bits per heavy atom. The first-order chi connectivity index (χ1) is 21.3. The average Bonchev–Trinajstić information content (AvgIpc) is 2.99. The first-order valence-electron chi connectivity index (χ1n) is 17.1. The summed E-state index contributed by atoms with van der Waals surface area (Å²) in [5.41, 5.74) is 8.23. The number of rotatable bonds is 15. The van der Waals surface area contributed by atoms with Crippen LogP contribution in [-0.2, 0) is 32.7 Å². The van der Waals surface area contributed by atoms with E-state index in [1.54, 1.807) is 0 Å². The van der Waals surface area contributed by atoms with Gasteiger partial charge in [-0.1, -0.05) is 91.0 Å². The summed E-state index contributed by atoms with van der Waals surface area (Å²) in [6.45, 7) is 27.9. The van der Waals surface area contributed by atoms with Crippen molar-refractivity contribution in [3.05, 3.63) is 107 Å². The van der Waals surface area contributed by atoms with Gasteiger partial charge in [-0.25, -0.2) is 0 Å². The Balaban J connectivity index is 0.000000653. The van der Waals surface area contributed by atoms with E-state index in [2.05, 4.69) is 156 Å². The summed E-state index contributed by atoms with van der Waals surface area (Å²) in [6.07, 6.45) is 3.14. The van der Waals surface area contributed by atoms with E-state index in [0.717, 1.165) is 69.9 Å². The van der Waals surface area contributed by atoms with Gasteiger partial charge in [0.05, 0.1) is 34.0 Å². The number of nitrogens with zero attached hydrogens (tertiary/aromatic N) is 3. The fourth-order valence-electron chi connectivity index (χ4n) is 5.24. The van der Waals surface area contributed by atoms with Crippen LogP contribution >= 0.6 is 23.8 Å². The Hall–Kier alpha value is -0.546. The molecule has 0 saturated carbocycles. The summed E-state index contributed by atoms with van der Waals surface area (Å²) in [5.74, 6) is 0. The van der Waals surface area contributed by atoms with E-state index in [1.807, 2.05) is 18.2 Å². The second kappa shape index (κ2) is 26.3. The van der Waals surface area contributed by atoms with Crippen molar-refractivity contribution >= 4 is 40.8 Å². The predicted molar refractivity (Wildman–Crippen MR) is 219 cm³/mol. The third-order valence-corrected chi connectivity index (χ3v) is 18.5. The number of hydrogen-bond acceptors (Lipinski definition) is 0. The molecule has 3 rings (SSSR count). The molecule has 0 aliphatic rings. The molecule has 0 heterocycles. The van der Waals surface area contributed by atoms with Gasteiger partial charge in [0.15, 0.2) is 0 Å². The second-order valence-electron chi connectivity index (χ2n) is 13.6. The second-order valence-corrected chi connectivity index (χ2v) is 24.9. The van der Waals surface area contributed by atoms with Crippen molar-refractivity contribution < 1.29 is 32.7 Å². The molecule has 0 aliphatic heterocycles. The third kappa shape index (κ3) is 20.1. The molecule has 3 nitrogen and oxygen atoms in total. The fourth-order valence-corrected chi connectivity index (χ4v) is 12.5. The standard InChI is InChI=1S/3C13H21NP.Y/c3*1-11(2)15(12(3)4)10-14-13-8-6-5-7-9-13;/h3*5-9,11-12H,10H2,1-4H3;/q3*-1;+3/p+3. The maximum Gasteiger partial charge on any atom is 3.00 e. The van der Waals surface area contributed by atoms with Crippen molar-refractivity contribution in [2.24, 2.45) is 0 Å². The molecule has 46 heavy (non-hydrogen) atoms. The van der Waals surface area contributed by atoms with Crippen molar-refractivity contribution in [1.82, 2.24) is 0 Å². The number of benzene rings is 3. The van der Waals surface area contributed by atoms with Gasteiger partial charge in [0, 0.05) is 0 Å². The maximum absolute atomic E-state index is 4.69. The molecule has 0 bridgehead atoms. The van der Waals surface area contributed by atoms with Crippen LogP contribution in [0.2, 0.25) is 0 Å². The van der Waals surface area contributed by atoms with E-state index < -0.39 is 0 Å². The predicted octanol–water partition coefficient (Wildman–Crippen LogP) is 14.0. The Labute approximate surface area is 314 Å². The Bertz CT molecular complexity index is 932. The van der Waals surface area contributed by atoms with Crippen LogP contribution in [-0.4, -0.2) is 52.8 Å². The zero-order chi connectivity index (χ0) is 33.8. The van der Waals surface area contributed by atoms with Crippen LogP contribution in [0.5, 0.6) is 0 Å². The normalized spacial score (nSPS) is 11.2. The summed E-state index contributed by atoms with van der Waals surface area (Å²) in [4.78, 5) is 0. The van der Waals surface area contributed by atoms with Gasteiger partial charge in [0.2, 0.25) is 0 Å². The Morgan fingerprint density at radius 3 is 0.674 bits per heavy atom. The van der Waals surface area contributed by atoms with E-state index in [9.17, 15) is 0 Å². The minimum Gasteiger partial charge on any atom is -0.652 e. The minimum absolute atomic E-state index is 0. The first-order valence-corrected chi connectivity index (χ1v) is 22.7. The smallest absolute Gasteiger partial charge is 0.652 e. The van der Waals surface area contributed by atoms with E-state index >= 15 is 0 Å². The van der Waals surface area contributed by atoms with Crippen LogP contribution in [0.1, 0.15) is 83.1 Å². The summed E-state index contributed by atoms with van der Waals surface area (Å²) in [7, 11) is -1.03. The number of para-hydroxylation sites is 3. The molecule has 0 radical (unpaired) electrons. The third-order valence-electron chi connectivity index (χ3n) is 8.05. The topological polar surface area (TPSA) is 42.3 Å². The van der Waals surface area contributed by atoms with Crippen molar-refractivity contribution in [2.45, 2.75) is 117 Å². The Kier molecular flexibility index (Phi) is 26.0. The van der Waals surface area contributed by atoms with Crippen LogP contribution < -0.4 is 0 Å². The van der Waals surface area contributed by atoms with E-state index in [4.69, 9.17) is 16.0 Å². The van der Waals surface area contributed by atoms with Gasteiger partial charge < -0.3 is 16.0 Å². The summed E-state index contributed by atoms with van der Waals surface area (Å²) >= 11 is 0. The molecule has 0 unspecified atom stereocenters. The van der Waals surface area contributed by atoms with Crippen LogP contribution in [0.15, 0.2) is 91.0 Å². The van der Waals surface area contributed by atoms with E-state index in [1.165, 1.54) is 0 Å². The van der Waals surface area contributed by atoms with Gasteiger partial charge in [0.1, 0.15) is 0 Å². The molecule has 0 aliphatic carbocycles. The molecular formula is C39H66N3P3Y+3. The average molecular weight is 759 g/mol. The van der Waals surface area contributed by atoms with Gasteiger partial charge in [-0.3, -0.25) is 0 Å². The summed E-state index contributed by atoms with van der Waals surface area (Å²) < 4.78 is 0. The number of hydrogen-bond donors (Lipinski definition) is 0. The summed E-state index contributed by atoms with van der Waals surface area (Å²) in [5, 5.41) is 14.1. The fraction of sp³-hybridized carbons (Fsp3) is 0.538. The van der Waals surface area contributed by atoms with E-state index in [0.29, 0.717) is 0 Å². The van der Waals surface area contributed by atoms with Crippen LogP contribution in [0.4, 0.5) is 17.1 Å². The largest absolute Gasteiger partial charge is 3.00 e. The molecule has 0 atom stereocenters. The molecule has 0 saturated heterocycles. The van der Waals surface area contributed by atoms with Crippen molar-refractivity contribution in [1.29, 1.82) is 0 Å². The van der Waals surface area contributed by atoms with Crippen molar-refractivity contribution in [3.8, 4) is 0 Å². The molecular weight excluding hydrogens is 692 g/mol. The molecule has 0 amide bonds.